The van der Waals surface area contributed by atoms with Crippen LogP contribution in [-0.4, -0.2) is 22.6 Å². The van der Waals surface area contributed by atoms with Crippen LogP contribution in [0.15, 0.2) is 28.8 Å². The van der Waals surface area contributed by atoms with Gasteiger partial charge in [0, 0.05) is 23.3 Å². The number of hydrogen-bond donors (Lipinski definition) is 1. The van der Waals surface area contributed by atoms with Crippen LogP contribution in [0.3, 0.4) is 0 Å². The maximum Gasteiger partial charge on any atom is 0.322 e. The van der Waals surface area contributed by atoms with E-state index in [2.05, 4.69) is 10.5 Å². The SMILES string of the molecule is Cc1cc(C2CCCN2C(=O)Nc2ccc(C)c(Cl)c2)on1. The number of nitrogens with one attached hydrogen (secondary N) is 1. The first-order valence-corrected chi connectivity index (χ1v) is 7.69. The maximum absolute atomic E-state index is 12.5. The molecule has 1 aliphatic heterocycles. The molecule has 1 atom stereocenters. The lowest BCUT2D eigenvalue weighted by atomic mass is 10.1. The largest absolute Gasteiger partial charge is 0.359 e. The fraction of sp³-hybridized carbons (Fsp3) is 0.375. The standard InChI is InChI=1S/C16H18ClN3O2/c1-10-5-6-12(9-13(10)17)18-16(21)20-7-3-4-14(20)15-8-11(2)19-22-15/h5-6,8-9,14H,3-4,7H2,1-2H3,(H,18,21). The Morgan fingerprint density at radius 3 is 2.91 bits per heavy atom. The Balaban J connectivity index is 1.74. The highest BCUT2D eigenvalue weighted by molar-refractivity contribution is 6.31. The predicted molar refractivity (Wildman–Crippen MR) is 85.1 cm³/mol. The van der Waals surface area contributed by atoms with Crippen molar-refractivity contribution < 1.29 is 9.32 Å². The molecule has 1 N–H and O–H groups in total. The summed E-state index contributed by atoms with van der Waals surface area (Å²) in [5.74, 6) is 0.743. The van der Waals surface area contributed by atoms with E-state index in [1.807, 2.05) is 32.0 Å². The number of carbonyl (C=O) groups excluding carboxylic acids is 1. The van der Waals surface area contributed by atoms with Gasteiger partial charge in [0.2, 0.25) is 0 Å². The molecule has 2 heterocycles. The van der Waals surface area contributed by atoms with Gasteiger partial charge in [0.25, 0.3) is 0 Å². The third-order valence-electron chi connectivity index (χ3n) is 3.91. The van der Waals surface area contributed by atoms with E-state index in [0.29, 0.717) is 17.3 Å². The summed E-state index contributed by atoms with van der Waals surface area (Å²) < 4.78 is 5.32. The molecule has 3 rings (SSSR count). The number of aryl methyl sites for hydroxylation is 2. The zero-order chi connectivity index (χ0) is 15.7. The quantitative estimate of drug-likeness (QED) is 0.897. The minimum Gasteiger partial charge on any atom is -0.359 e. The lowest BCUT2D eigenvalue weighted by Crippen LogP contribution is -2.34. The first-order chi connectivity index (χ1) is 10.5. The lowest BCUT2D eigenvalue weighted by molar-refractivity contribution is 0.195. The van der Waals surface area contributed by atoms with E-state index in [4.69, 9.17) is 16.1 Å². The van der Waals surface area contributed by atoms with E-state index in [1.165, 1.54) is 0 Å². The fourth-order valence-electron chi connectivity index (χ4n) is 2.71. The van der Waals surface area contributed by atoms with Crippen LogP contribution >= 0.6 is 11.6 Å². The van der Waals surface area contributed by atoms with E-state index in [0.717, 1.165) is 29.9 Å². The Bertz CT molecular complexity index is 698. The van der Waals surface area contributed by atoms with Crippen molar-refractivity contribution in [2.45, 2.75) is 32.7 Å². The van der Waals surface area contributed by atoms with Crippen molar-refractivity contribution in [2.24, 2.45) is 0 Å². The number of hydrogen-bond acceptors (Lipinski definition) is 3. The second kappa shape index (κ2) is 6.01. The molecule has 2 aromatic rings. The van der Waals surface area contributed by atoms with Crippen molar-refractivity contribution in [3.8, 4) is 0 Å². The smallest absolute Gasteiger partial charge is 0.322 e. The van der Waals surface area contributed by atoms with Crippen molar-refractivity contribution in [3.05, 3.63) is 46.3 Å². The van der Waals surface area contributed by atoms with Gasteiger partial charge in [-0.15, -0.1) is 0 Å². The summed E-state index contributed by atoms with van der Waals surface area (Å²) >= 11 is 6.10. The lowest BCUT2D eigenvalue weighted by Gasteiger charge is -2.23. The van der Waals surface area contributed by atoms with Gasteiger partial charge in [-0.2, -0.15) is 0 Å². The van der Waals surface area contributed by atoms with E-state index < -0.39 is 0 Å². The average molecular weight is 320 g/mol. The van der Waals surface area contributed by atoms with Crippen LogP contribution in [0.25, 0.3) is 0 Å². The molecule has 2 amide bonds. The molecule has 0 saturated carbocycles. The molecular formula is C16H18ClN3O2. The highest BCUT2D eigenvalue weighted by atomic mass is 35.5. The van der Waals surface area contributed by atoms with Crippen molar-refractivity contribution >= 4 is 23.3 Å². The van der Waals surface area contributed by atoms with Crippen LogP contribution in [0.1, 0.15) is 35.9 Å². The summed E-state index contributed by atoms with van der Waals surface area (Å²) in [4.78, 5) is 14.3. The molecule has 0 bridgehead atoms. The molecule has 1 aliphatic rings. The van der Waals surface area contributed by atoms with Gasteiger partial charge in [0.05, 0.1) is 11.7 Å². The molecule has 5 nitrogen and oxygen atoms in total. The third-order valence-corrected chi connectivity index (χ3v) is 4.32. The molecule has 0 radical (unpaired) electrons. The summed E-state index contributed by atoms with van der Waals surface area (Å²) in [6.45, 7) is 4.51. The van der Waals surface area contributed by atoms with Crippen molar-refractivity contribution in [2.75, 3.05) is 11.9 Å². The molecule has 0 aliphatic carbocycles. The third kappa shape index (κ3) is 2.95. The summed E-state index contributed by atoms with van der Waals surface area (Å²) in [6, 6.07) is 7.19. The van der Waals surface area contributed by atoms with Gasteiger partial charge in [0.15, 0.2) is 5.76 Å². The molecule has 116 valence electrons. The van der Waals surface area contributed by atoms with Gasteiger partial charge >= 0.3 is 6.03 Å². The molecule has 1 unspecified atom stereocenters. The molecule has 22 heavy (non-hydrogen) atoms. The number of amides is 2. The van der Waals surface area contributed by atoms with Gasteiger partial charge < -0.3 is 14.7 Å². The van der Waals surface area contributed by atoms with Crippen LogP contribution in [0.5, 0.6) is 0 Å². The maximum atomic E-state index is 12.5. The van der Waals surface area contributed by atoms with Crippen LogP contribution < -0.4 is 5.32 Å². The molecule has 6 heteroatoms. The summed E-state index contributed by atoms with van der Waals surface area (Å²) in [7, 11) is 0. The Morgan fingerprint density at radius 1 is 1.41 bits per heavy atom. The van der Waals surface area contributed by atoms with Gasteiger partial charge in [-0.05, 0) is 44.4 Å². The molecule has 1 aromatic carbocycles. The number of nitrogens with zero attached hydrogens (tertiary/aromatic N) is 2. The summed E-state index contributed by atoms with van der Waals surface area (Å²) in [6.07, 6.45) is 1.84. The van der Waals surface area contributed by atoms with Crippen molar-refractivity contribution in [1.29, 1.82) is 0 Å². The van der Waals surface area contributed by atoms with Gasteiger partial charge in [-0.25, -0.2) is 4.79 Å². The number of halogens is 1. The second-order valence-corrected chi connectivity index (χ2v) is 6.02. The Kier molecular flexibility index (Phi) is 4.07. The van der Waals surface area contributed by atoms with E-state index >= 15 is 0 Å². The van der Waals surface area contributed by atoms with E-state index in [1.54, 1.807) is 11.0 Å². The van der Waals surface area contributed by atoms with Crippen molar-refractivity contribution in [1.82, 2.24) is 10.1 Å². The average Bonchev–Trinajstić information content (AvgIpc) is 3.11. The van der Waals surface area contributed by atoms with Crippen LogP contribution in [-0.2, 0) is 0 Å². The summed E-state index contributed by atoms with van der Waals surface area (Å²) in [5, 5.41) is 7.45. The Labute approximate surface area is 134 Å². The molecule has 1 aromatic heterocycles. The van der Waals surface area contributed by atoms with Gasteiger partial charge in [-0.1, -0.05) is 22.8 Å². The highest BCUT2D eigenvalue weighted by Gasteiger charge is 2.32. The number of benzene rings is 1. The number of anilines is 1. The molecule has 1 fully saturated rings. The number of carbonyl (C=O) groups is 1. The monoisotopic (exact) mass is 319 g/mol. The number of rotatable bonds is 2. The molecule has 0 spiro atoms. The zero-order valence-electron chi connectivity index (χ0n) is 12.6. The second-order valence-electron chi connectivity index (χ2n) is 5.62. The molecule has 1 saturated heterocycles. The first kappa shape index (κ1) is 14.9. The van der Waals surface area contributed by atoms with Gasteiger partial charge in [0.1, 0.15) is 0 Å². The Hall–Kier alpha value is -2.01. The minimum absolute atomic E-state index is 0.0536. The van der Waals surface area contributed by atoms with E-state index in [-0.39, 0.29) is 12.1 Å². The number of urea groups is 1. The fourth-order valence-corrected chi connectivity index (χ4v) is 2.89. The normalized spacial score (nSPS) is 17.8. The molecular weight excluding hydrogens is 302 g/mol. The number of likely N-dealkylation sites (tertiary alicyclic amines) is 1. The Morgan fingerprint density at radius 2 is 2.23 bits per heavy atom. The highest BCUT2D eigenvalue weighted by Crippen LogP contribution is 2.33. The van der Waals surface area contributed by atoms with E-state index in [9.17, 15) is 4.79 Å². The van der Waals surface area contributed by atoms with Crippen LogP contribution in [0.4, 0.5) is 10.5 Å². The predicted octanol–water partition coefficient (Wildman–Crippen LogP) is 4.31. The van der Waals surface area contributed by atoms with Crippen molar-refractivity contribution in [3.63, 3.8) is 0 Å². The number of aromatic nitrogens is 1. The van der Waals surface area contributed by atoms with Gasteiger partial charge in [-0.3, -0.25) is 0 Å². The van der Waals surface area contributed by atoms with Crippen LogP contribution in [0, 0.1) is 13.8 Å². The first-order valence-electron chi connectivity index (χ1n) is 7.31. The summed E-state index contributed by atoms with van der Waals surface area (Å²) in [5.41, 5.74) is 2.50. The topological polar surface area (TPSA) is 58.4 Å². The zero-order valence-corrected chi connectivity index (χ0v) is 13.4. The minimum atomic E-state index is -0.142. The van der Waals surface area contributed by atoms with Crippen LogP contribution in [0.2, 0.25) is 5.02 Å².